The zero-order valence-corrected chi connectivity index (χ0v) is 17.7. The van der Waals surface area contributed by atoms with Gasteiger partial charge in [-0.15, -0.1) is 0 Å². The fraction of sp³-hybridized carbons (Fsp3) is 0.316. The van der Waals surface area contributed by atoms with E-state index in [-0.39, 0.29) is 11.4 Å². The minimum absolute atomic E-state index is 0.00197. The van der Waals surface area contributed by atoms with Gasteiger partial charge in [0.1, 0.15) is 17.0 Å². The van der Waals surface area contributed by atoms with Crippen LogP contribution >= 0.6 is 11.6 Å². The zero-order chi connectivity index (χ0) is 21.2. The number of nitrogens with two attached hydrogens (primary N) is 1. The smallest absolute Gasteiger partial charge is 0.283 e. The van der Waals surface area contributed by atoms with Gasteiger partial charge in [0.2, 0.25) is 10.0 Å². The summed E-state index contributed by atoms with van der Waals surface area (Å²) < 4.78 is 27.9. The summed E-state index contributed by atoms with van der Waals surface area (Å²) in [5.41, 5.74) is 8.19. The van der Waals surface area contributed by atoms with Crippen LogP contribution in [0.2, 0.25) is 5.02 Å². The first-order valence-corrected chi connectivity index (χ1v) is 11.2. The Morgan fingerprint density at radius 3 is 2.69 bits per heavy atom. The molecule has 0 atom stereocenters. The Morgan fingerprint density at radius 2 is 2.00 bits per heavy atom. The standard InChI is InChI=1S/C19H22ClN5O3S/c1-3-4-9-29(27,28)24-19(26)17-8-7-16-18(23-17)25(12(2)22-16)11-13-5-6-14(21)10-15(13)20/h5-8,10H,3-4,9,11,21H2,1-2H3,(H,24,26). The molecule has 0 unspecified atom stereocenters. The number of fused-ring (bicyclic) bond motifs is 1. The van der Waals surface area contributed by atoms with Gasteiger partial charge in [0.15, 0.2) is 5.65 Å². The fourth-order valence-electron chi connectivity index (χ4n) is 2.87. The number of pyridine rings is 1. The summed E-state index contributed by atoms with van der Waals surface area (Å²) in [6.07, 6.45) is 1.19. The molecule has 8 nitrogen and oxygen atoms in total. The molecule has 0 fully saturated rings. The van der Waals surface area contributed by atoms with Crippen LogP contribution in [-0.2, 0) is 16.6 Å². The normalized spacial score (nSPS) is 11.7. The van der Waals surface area contributed by atoms with Crippen LogP contribution in [-0.4, -0.2) is 34.6 Å². The van der Waals surface area contributed by atoms with E-state index in [0.29, 0.717) is 47.1 Å². The minimum Gasteiger partial charge on any atom is -0.399 e. The second-order valence-corrected chi connectivity index (χ2v) is 8.99. The highest BCUT2D eigenvalue weighted by atomic mass is 35.5. The van der Waals surface area contributed by atoms with E-state index in [4.69, 9.17) is 17.3 Å². The topological polar surface area (TPSA) is 120 Å². The van der Waals surface area contributed by atoms with Crippen LogP contribution in [0.5, 0.6) is 0 Å². The second kappa shape index (κ2) is 8.38. The first-order chi connectivity index (χ1) is 13.7. The summed E-state index contributed by atoms with van der Waals surface area (Å²) in [6, 6.07) is 8.34. The number of benzene rings is 1. The average Bonchev–Trinajstić information content (AvgIpc) is 2.96. The predicted molar refractivity (Wildman–Crippen MR) is 113 cm³/mol. The molecule has 0 aliphatic heterocycles. The van der Waals surface area contributed by atoms with Crippen molar-refractivity contribution in [2.45, 2.75) is 33.2 Å². The number of sulfonamides is 1. The average molecular weight is 436 g/mol. The van der Waals surface area contributed by atoms with E-state index in [9.17, 15) is 13.2 Å². The van der Waals surface area contributed by atoms with Crippen molar-refractivity contribution in [3.63, 3.8) is 0 Å². The number of anilines is 1. The van der Waals surface area contributed by atoms with Gasteiger partial charge in [-0.1, -0.05) is 31.0 Å². The van der Waals surface area contributed by atoms with E-state index in [2.05, 4.69) is 14.7 Å². The molecular weight excluding hydrogens is 414 g/mol. The van der Waals surface area contributed by atoms with Gasteiger partial charge in [0, 0.05) is 10.7 Å². The largest absolute Gasteiger partial charge is 0.399 e. The van der Waals surface area contributed by atoms with Gasteiger partial charge in [-0.25, -0.2) is 23.1 Å². The number of nitrogens with one attached hydrogen (secondary N) is 1. The maximum atomic E-state index is 12.4. The van der Waals surface area contributed by atoms with Crippen LogP contribution in [0, 0.1) is 6.92 Å². The molecule has 0 aliphatic carbocycles. The summed E-state index contributed by atoms with van der Waals surface area (Å²) in [6.45, 7) is 4.08. The summed E-state index contributed by atoms with van der Waals surface area (Å²) in [5, 5.41) is 0.516. The molecule has 0 saturated heterocycles. The van der Waals surface area contributed by atoms with Gasteiger partial charge < -0.3 is 10.3 Å². The number of hydrogen-bond acceptors (Lipinski definition) is 6. The number of rotatable bonds is 7. The van der Waals surface area contributed by atoms with Crippen LogP contribution in [0.25, 0.3) is 11.2 Å². The lowest BCUT2D eigenvalue weighted by molar-refractivity contribution is 0.0977. The van der Waals surface area contributed by atoms with Gasteiger partial charge >= 0.3 is 0 Å². The van der Waals surface area contributed by atoms with E-state index < -0.39 is 15.9 Å². The minimum atomic E-state index is -3.70. The van der Waals surface area contributed by atoms with Gasteiger partial charge in [0.05, 0.1) is 12.3 Å². The first-order valence-electron chi connectivity index (χ1n) is 9.13. The Kier molecular flexibility index (Phi) is 6.09. The highest BCUT2D eigenvalue weighted by molar-refractivity contribution is 7.90. The van der Waals surface area contributed by atoms with Crippen molar-refractivity contribution in [1.82, 2.24) is 19.3 Å². The highest BCUT2D eigenvalue weighted by Crippen LogP contribution is 2.23. The molecule has 154 valence electrons. The summed E-state index contributed by atoms with van der Waals surface area (Å²) in [5.74, 6) is -0.183. The summed E-state index contributed by atoms with van der Waals surface area (Å²) >= 11 is 6.28. The van der Waals surface area contributed by atoms with E-state index >= 15 is 0 Å². The van der Waals surface area contributed by atoms with Gasteiger partial charge in [-0.3, -0.25) is 4.79 Å². The molecule has 0 spiro atoms. The monoisotopic (exact) mass is 435 g/mol. The van der Waals surface area contributed by atoms with Crippen LogP contribution < -0.4 is 10.5 Å². The molecule has 3 aromatic rings. The molecule has 1 amide bonds. The van der Waals surface area contributed by atoms with E-state index in [1.54, 1.807) is 18.2 Å². The van der Waals surface area contributed by atoms with Gasteiger partial charge in [0.25, 0.3) is 5.91 Å². The van der Waals surface area contributed by atoms with Crippen molar-refractivity contribution in [1.29, 1.82) is 0 Å². The maximum Gasteiger partial charge on any atom is 0.283 e. The van der Waals surface area contributed by atoms with Crippen LogP contribution in [0.3, 0.4) is 0 Å². The number of unbranched alkanes of at least 4 members (excludes halogenated alkanes) is 1. The van der Waals surface area contributed by atoms with Crippen molar-refractivity contribution in [3.8, 4) is 0 Å². The number of aromatic nitrogens is 3. The van der Waals surface area contributed by atoms with E-state index in [1.165, 1.54) is 6.07 Å². The molecule has 2 heterocycles. The number of amides is 1. The third-order valence-electron chi connectivity index (χ3n) is 4.44. The third-order valence-corrected chi connectivity index (χ3v) is 6.11. The highest BCUT2D eigenvalue weighted by Gasteiger charge is 2.19. The van der Waals surface area contributed by atoms with E-state index in [0.717, 1.165) is 5.56 Å². The Labute approximate surface area is 174 Å². The van der Waals surface area contributed by atoms with Crippen molar-refractivity contribution in [3.05, 3.63) is 52.4 Å². The Balaban J connectivity index is 1.93. The Morgan fingerprint density at radius 1 is 1.24 bits per heavy atom. The molecule has 10 heteroatoms. The number of carbonyl (C=O) groups excluding carboxylic acids is 1. The second-order valence-electron chi connectivity index (χ2n) is 6.74. The van der Waals surface area contributed by atoms with Gasteiger partial charge in [-0.05, 0) is 43.2 Å². The van der Waals surface area contributed by atoms with Crippen molar-refractivity contribution < 1.29 is 13.2 Å². The number of carbonyl (C=O) groups is 1. The van der Waals surface area contributed by atoms with Crippen molar-refractivity contribution in [2.24, 2.45) is 0 Å². The Hall–Kier alpha value is -2.65. The van der Waals surface area contributed by atoms with Crippen LogP contribution in [0.4, 0.5) is 5.69 Å². The maximum absolute atomic E-state index is 12.4. The van der Waals surface area contributed by atoms with Crippen LogP contribution in [0.1, 0.15) is 41.6 Å². The first kappa shape index (κ1) is 21.1. The third kappa shape index (κ3) is 4.86. The van der Waals surface area contributed by atoms with Gasteiger partial charge in [-0.2, -0.15) is 0 Å². The number of aryl methyl sites for hydroxylation is 1. The molecule has 1 aromatic carbocycles. The Bertz CT molecular complexity index is 1170. The predicted octanol–water partition coefficient (Wildman–Crippen LogP) is 2.88. The number of hydrogen-bond donors (Lipinski definition) is 2. The molecule has 2 aromatic heterocycles. The molecule has 3 N–H and O–H groups in total. The van der Waals surface area contributed by atoms with Crippen molar-refractivity contribution in [2.75, 3.05) is 11.5 Å². The van der Waals surface area contributed by atoms with Crippen molar-refractivity contribution >= 4 is 44.4 Å². The number of nitrogens with zero attached hydrogens (tertiary/aromatic N) is 3. The molecular formula is C19H22ClN5O3S. The zero-order valence-electron chi connectivity index (χ0n) is 16.1. The molecule has 0 bridgehead atoms. The lowest BCUT2D eigenvalue weighted by atomic mass is 10.2. The van der Waals surface area contributed by atoms with Crippen LogP contribution in [0.15, 0.2) is 30.3 Å². The van der Waals surface area contributed by atoms with E-state index in [1.807, 2.05) is 24.5 Å². The SMILES string of the molecule is CCCCS(=O)(=O)NC(=O)c1ccc2nc(C)n(Cc3ccc(N)cc3Cl)c2n1. The number of imidazole rings is 1. The lowest BCUT2D eigenvalue weighted by Gasteiger charge is -2.10. The lowest BCUT2D eigenvalue weighted by Crippen LogP contribution is -2.33. The molecule has 3 rings (SSSR count). The molecule has 0 radical (unpaired) electrons. The number of nitrogen functional groups attached to an aromatic ring is 1. The fourth-order valence-corrected chi connectivity index (χ4v) is 4.28. The summed E-state index contributed by atoms with van der Waals surface area (Å²) in [4.78, 5) is 21.2. The quantitative estimate of drug-likeness (QED) is 0.550. The summed E-state index contributed by atoms with van der Waals surface area (Å²) in [7, 11) is -3.70. The molecule has 0 saturated carbocycles. The number of halogens is 1. The molecule has 29 heavy (non-hydrogen) atoms. The molecule has 0 aliphatic rings.